The largest absolute Gasteiger partial charge is 0.411 e. The molecular weight excluding hydrogens is 407 g/mol. The summed E-state index contributed by atoms with van der Waals surface area (Å²) in [6.07, 6.45) is -4.13. The predicted molar refractivity (Wildman–Crippen MR) is 79.0 cm³/mol. The Morgan fingerprint density at radius 3 is 2.30 bits per heavy atom. The van der Waals surface area contributed by atoms with E-state index in [0.29, 0.717) is 11.0 Å². The van der Waals surface area contributed by atoms with Gasteiger partial charge < -0.3 is 4.74 Å². The minimum atomic E-state index is -4.32. The van der Waals surface area contributed by atoms with E-state index < -0.39 is 12.8 Å². The molecule has 0 aromatic carbocycles. The Morgan fingerprint density at radius 1 is 1.20 bits per heavy atom. The quantitative estimate of drug-likeness (QED) is 0.415. The van der Waals surface area contributed by atoms with Gasteiger partial charge in [0, 0.05) is 11.8 Å². The van der Waals surface area contributed by atoms with E-state index in [-0.39, 0.29) is 18.4 Å². The van der Waals surface area contributed by atoms with Crippen molar-refractivity contribution in [3.63, 3.8) is 0 Å². The normalized spacial score (nSPS) is 12.8. The van der Waals surface area contributed by atoms with Crippen LogP contribution in [0.1, 0.15) is 32.3 Å². The summed E-state index contributed by atoms with van der Waals surface area (Å²) in [6, 6.07) is 0. The standard InChI is InChI=1S/C12H15ClF3IN2O/c1-11(2,3)9-8(17)10(13)19-7(18-9)4-5-20-6-12(14,15)16/h4-6H2,1-3H3. The first kappa shape index (κ1) is 17.9. The predicted octanol–water partition coefficient (Wildman–Crippen LogP) is 4.15. The minimum Gasteiger partial charge on any atom is -0.372 e. The van der Waals surface area contributed by atoms with E-state index in [1.807, 2.05) is 20.8 Å². The van der Waals surface area contributed by atoms with Gasteiger partial charge in [-0.05, 0) is 22.6 Å². The number of aromatic nitrogens is 2. The summed E-state index contributed by atoms with van der Waals surface area (Å²) in [6.45, 7) is 4.59. The van der Waals surface area contributed by atoms with Crippen LogP contribution in [0.3, 0.4) is 0 Å². The van der Waals surface area contributed by atoms with E-state index in [1.54, 1.807) is 0 Å². The lowest BCUT2D eigenvalue weighted by Gasteiger charge is -2.20. The van der Waals surface area contributed by atoms with Crippen LogP contribution >= 0.6 is 34.2 Å². The van der Waals surface area contributed by atoms with Gasteiger partial charge in [-0.1, -0.05) is 32.4 Å². The van der Waals surface area contributed by atoms with E-state index in [2.05, 4.69) is 37.3 Å². The Morgan fingerprint density at radius 2 is 1.80 bits per heavy atom. The number of ether oxygens (including phenoxy) is 1. The Kier molecular flexibility index (Phi) is 6.03. The van der Waals surface area contributed by atoms with Crippen molar-refractivity contribution in [1.29, 1.82) is 0 Å². The molecule has 1 heterocycles. The monoisotopic (exact) mass is 422 g/mol. The Labute approximate surface area is 134 Å². The fraction of sp³-hybridized carbons (Fsp3) is 0.667. The van der Waals surface area contributed by atoms with Gasteiger partial charge in [-0.3, -0.25) is 0 Å². The zero-order chi connectivity index (χ0) is 15.6. The number of hydrogen-bond acceptors (Lipinski definition) is 3. The smallest absolute Gasteiger partial charge is 0.372 e. The zero-order valence-corrected chi connectivity index (χ0v) is 14.2. The Hall–Kier alpha value is -0.150. The van der Waals surface area contributed by atoms with Crippen molar-refractivity contribution in [2.75, 3.05) is 13.2 Å². The van der Waals surface area contributed by atoms with Crippen molar-refractivity contribution >= 4 is 34.2 Å². The maximum absolute atomic E-state index is 11.9. The molecule has 0 amide bonds. The number of alkyl halides is 3. The first-order chi connectivity index (χ1) is 9.00. The van der Waals surface area contributed by atoms with Crippen LogP contribution in [0.2, 0.25) is 5.15 Å². The van der Waals surface area contributed by atoms with Gasteiger partial charge in [0.1, 0.15) is 17.6 Å². The second-order valence-corrected chi connectivity index (χ2v) is 6.70. The van der Waals surface area contributed by atoms with E-state index >= 15 is 0 Å². The molecule has 20 heavy (non-hydrogen) atoms. The third kappa shape index (κ3) is 5.69. The lowest BCUT2D eigenvalue weighted by atomic mass is 9.92. The molecule has 1 aromatic heterocycles. The molecule has 0 fully saturated rings. The van der Waals surface area contributed by atoms with Crippen LogP contribution in [0.25, 0.3) is 0 Å². The maximum Gasteiger partial charge on any atom is 0.411 e. The molecule has 114 valence electrons. The highest BCUT2D eigenvalue weighted by molar-refractivity contribution is 14.1. The molecule has 0 saturated carbocycles. The van der Waals surface area contributed by atoms with Gasteiger partial charge in [0.2, 0.25) is 0 Å². The van der Waals surface area contributed by atoms with Crippen LogP contribution in [0.4, 0.5) is 13.2 Å². The number of rotatable bonds is 4. The molecule has 0 aliphatic carbocycles. The summed E-state index contributed by atoms with van der Waals surface area (Å²) in [5.41, 5.74) is 0.564. The molecular formula is C12H15ClF3IN2O. The molecule has 0 radical (unpaired) electrons. The van der Waals surface area contributed by atoms with E-state index in [4.69, 9.17) is 11.6 Å². The molecule has 0 aliphatic heterocycles. The van der Waals surface area contributed by atoms with Crippen molar-refractivity contribution in [2.45, 2.75) is 38.8 Å². The molecule has 0 aliphatic rings. The lowest BCUT2D eigenvalue weighted by molar-refractivity contribution is -0.173. The average molecular weight is 423 g/mol. The summed E-state index contributed by atoms with van der Waals surface area (Å²) in [4.78, 5) is 8.44. The third-order valence-corrected chi connectivity index (χ3v) is 3.92. The SMILES string of the molecule is CC(C)(C)c1nc(CCOCC(F)(F)F)nc(Cl)c1I. The zero-order valence-electron chi connectivity index (χ0n) is 11.3. The van der Waals surface area contributed by atoms with Gasteiger partial charge in [-0.15, -0.1) is 0 Å². The molecule has 0 saturated heterocycles. The molecule has 1 aromatic rings. The summed E-state index contributed by atoms with van der Waals surface area (Å²) in [5.74, 6) is 0.391. The van der Waals surface area contributed by atoms with Gasteiger partial charge in [0.25, 0.3) is 0 Å². The number of halogens is 5. The highest BCUT2D eigenvalue weighted by atomic mass is 127. The van der Waals surface area contributed by atoms with Crippen LogP contribution < -0.4 is 0 Å². The second kappa shape index (κ2) is 6.74. The molecule has 0 spiro atoms. The van der Waals surface area contributed by atoms with Crippen LogP contribution in [0.5, 0.6) is 0 Å². The van der Waals surface area contributed by atoms with Crippen LogP contribution in [0.15, 0.2) is 0 Å². The fourth-order valence-corrected chi connectivity index (χ4v) is 2.66. The van der Waals surface area contributed by atoms with Crippen LogP contribution in [-0.2, 0) is 16.6 Å². The van der Waals surface area contributed by atoms with Crippen LogP contribution in [-0.4, -0.2) is 29.4 Å². The average Bonchev–Trinajstić information content (AvgIpc) is 2.26. The molecule has 8 heteroatoms. The number of nitrogens with zero attached hydrogens (tertiary/aromatic N) is 2. The number of hydrogen-bond donors (Lipinski definition) is 0. The summed E-state index contributed by atoms with van der Waals surface area (Å²) in [7, 11) is 0. The van der Waals surface area contributed by atoms with Crippen LogP contribution in [0, 0.1) is 3.57 Å². The van der Waals surface area contributed by atoms with Crippen molar-refractivity contribution in [3.8, 4) is 0 Å². The highest BCUT2D eigenvalue weighted by Crippen LogP contribution is 2.29. The Balaban J connectivity index is 2.75. The van der Waals surface area contributed by atoms with Crippen molar-refractivity contribution < 1.29 is 17.9 Å². The molecule has 0 bridgehead atoms. The van der Waals surface area contributed by atoms with E-state index in [0.717, 1.165) is 9.26 Å². The summed E-state index contributed by atoms with van der Waals surface area (Å²) in [5, 5.41) is 0.316. The topological polar surface area (TPSA) is 35.0 Å². The Bertz CT molecular complexity index is 475. The first-order valence-corrected chi connectivity index (χ1v) is 7.33. The van der Waals surface area contributed by atoms with Gasteiger partial charge in [0.05, 0.1) is 15.9 Å². The van der Waals surface area contributed by atoms with Crippen molar-refractivity contribution in [3.05, 3.63) is 20.2 Å². The highest BCUT2D eigenvalue weighted by Gasteiger charge is 2.27. The second-order valence-electron chi connectivity index (χ2n) is 5.26. The van der Waals surface area contributed by atoms with Crippen molar-refractivity contribution in [1.82, 2.24) is 9.97 Å². The van der Waals surface area contributed by atoms with E-state index in [9.17, 15) is 13.2 Å². The summed E-state index contributed by atoms with van der Waals surface area (Å²) >= 11 is 8.10. The van der Waals surface area contributed by atoms with Gasteiger partial charge >= 0.3 is 6.18 Å². The van der Waals surface area contributed by atoms with Crippen molar-refractivity contribution in [2.24, 2.45) is 0 Å². The van der Waals surface area contributed by atoms with Gasteiger partial charge in [-0.2, -0.15) is 13.2 Å². The molecule has 0 atom stereocenters. The van der Waals surface area contributed by atoms with Gasteiger partial charge in [-0.25, -0.2) is 9.97 Å². The lowest BCUT2D eigenvalue weighted by Crippen LogP contribution is -2.20. The first-order valence-electron chi connectivity index (χ1n) is 5.87. The maximum atomic E-state index is 11.9. The molecule has 1 rings (SSSR count). The molecule has 0 unspecified atom stereocenters. The third-order valence-electron chi connectivity index (χ3n) is 2.30. The fourth-order valence-electron chi connectivity index (χ4n) is 1.42. The molecule has 3 nitrogen and oxygen atoms in total. The summed E-state index contributed by atoms with van der Waals surface area (Å²) < 4.78 is 41.1. The van der Waals surface area contributed by atoms with E-state index in [1.165, 1.54) is 0 Å². The van der Waals surface area contributed by atoms with Gasteiger partial charge in [0.15, 0.2) is 0 Å². The molecule has 0 N–H and O–H groups in total. The minimum absolute atomic E-state index is 0.0972.